The Morgan fingerprint density at radius 1 is 1.27 bits per heavy atom. The monoisotopic (exact) mass is 384 g/mol. The molecule has 26 heavy (non-hydrogen) atoms. The zero-order valence-corrected chi connectivity index (χ0v) is 16.6. The van der Waals surface area contributed by atoms with Gasteiger partial charge in [0.25, 0.3) is 0 Å². The summed E-state index contributed by atoms with van der Waals surface area (Å²) in [4.78, 5) is 10.5. The minimum atomic E-state index is 0.845. The SMILES string of the molecule is Cc1csc(Nc2ncc(CCC3CCNCC3)cc2-c2cccs2)n1. The quantitative estimate of drug-likeness (QED) is 0.609. The lowest BCUT2D eigenvalue weighted by Crippen LogP contribution is -2.27. The number of pyridine rings is 1. The number of piperidine rings is 1. The van der Waals surface area contributed by atoms with E-state index in [4.69, 9.17) is 4.98 Å². The topological polar surface area (TPSA) is 49.8 Å². The van der Waals surface area contributed by atoms with E-state index in [1.165, 1.54) is 48.4 Å². The van der Waals surface area contributed by atoms with Crippen LogP contribution in [0.5, 0.6) is 0 Å². The van der Waals surface area contributed by atoms with Crippen molar-refractivity contribution in [3.05, 3.63) is 46.4 Å². The van der Waals surface area contributed by atoms with Gasteiger partial charge in [0.1, 0.15) is 5.82 Å². The number of nitrogens with one attached hydrogen (secondary N) is 2. The third-order valence-corrected chi connectivity index (χ3v) is 6.65. The van der Waals surface area contributed by atoms with E-state index >= 15 is 0 Å². The highest BCUT2D eigenvalue weighted by Gasteiger charge is 2.15. The summed E-state index contributed by atoms with van der Waals surface area (Å²) in [7, 11) is 0. The van der Waals surface area contributed by atoms with Crippen LogP contribution in [0.2, 0.25) is 0 Å². The van der Waals surface area contributed by atoms with Crippen molar-refractivity contribution in [1.82, 2.24) is 15.3 Å². The van der Waals surface area contributed by atoms with Crippen LogP contribution in [0.3, 0.4) is 0 Å². The molecule has 6 heteroatoms. The third-order valence-electron chi connectivity index (χ3n) is 4.88. The summed E-state index contributed by atoms with van der Waals surface area (Å²) in [6.07, 6.45) is 6.99. The molecule has 0 saturated carbocycles. The molecular formula is C20H24N4S2. The van der Waals surface area contributed by atoms with E-state index < -0.39 is 0 Å². The molecule has 0 aromatic carbocycles. The van der Waals surface area contributed by atoms with Crippen molar-refractivity contribution >= 4 is 33.6 Å². The molecule has 1 aliphatic rings. The molecule has 4 rings (SSSR count). The predicted octanol–water partition coefficient (Wildman–Crippen LogP) is 5.25. The fraction of sp³-hybridized carbons (Fsp3) is 0.400. The Labute approximate surface area is 162 Å². The van der Waals surface area contributed by atoms with Crippen LogP contribution in [-0.4, -0.2) is 23.1 Å². The number of anilines is 2. The van der Waals surface area contributed by atoms with Crippen LogP contribution in [0, 0.1) is 12.8 Å². The van der Waals surface area contributed by atoms with Gasteiger partial charge in [-0.3, -0.25) is 0 Å². The predicted molar refractivity (Wildman–Crippen MR) is 112 cm³/mol. The number of rotatable bonds is 6. The maximum Gasteiger partial charge on any atom is 0.188 e. The molecule has 3 aromatic heterocycles. The van der Waals surface area contributed by atoms with Crippen molar-refractivity contribution in [3.8, 4) is 10.4 Å². The molecule has 3 aromatic rings. The van der Waals surface area contributed by atoms with Gasteiger partial charge in [0, 0.05) is 22.0 Å². The van der Waals surface area contributed by atoms with E-state index in [0.717, 1.165) is 29.0 Å². The first-order valence-electron chi connectivity index (χ1n) is 9.20. The Morgan fingerprint density at radius 2 is 2.15 bits per heavy atom. The number of hydrogen-bond acceptors (Lipinski definition) is 6. The Balaban J connectivity index is 1.54. The lowest BCUT2D eigenvalue weighted by atomic mass is 9.91. The second-order valence-corrected chi connectivity index (χ2v) is 8.67. The minimum absolute atomic E-state index is 0.845. The molecule has 0 aliphatic carbocycles. The van der Waals surface area contributed by atoms with Gasteiger partial charge in [-0.25, -0.2) is 9.97 Å². The summed E-state index contributed by atoms with van der Waals surface area (Å²) in [6, 6.07) is 6.57. The summed E-state index contributed by atoms with van der Waals surface area (Å²) in [5.74, 6) is 1.74. The van der Waals surface area contributed by atoms with Crippen LogP contribution < -0.4 is 10.6 Å². The summed E-state index contributed by atoms with van der Waals surface area (Å²) in [6.45, 7) is 4.35. The van der Waals surface area contributed by atoms with Gasteiger partial charge in [0.05, 0.1) is 5.69 Å². The van der Waals surface area contributed by atoms with Crippen LogP contribution in [0.1, 0.15) is 30.5 Å². The number of thiazole rings is 1. The van der Waals surface area contributed by atoms with Gasteiger partial charge in [-0.05, 0) is 74.7 Å². The van der Waals surface area contributed by atoms with Crippen molar-refractivity contribution in [2.45, 2.75) is 32.6 Å². The standard InChI is InChI=1S/C20H24N4S2/c1-14-13-26-20(23-14)24-19-17(18-3-2-10-25-18)11-16(12-22-19)5-4-15-6-8-21-9-7-15/h2-3,10-13,15,21H,4-9H2,1H3,(H,22,23,24). The summed E-state index contributed by atoms with van der Waals surface area (Å²) in [5.41, 5.74) is 3.54. The first kappa shape index (κ1) is 17.6. The molecule has 1 aliphatic heterocycles. The molecule has 0 bridgehead atoms. The van der Waals surface area contributed by atoms with E-state index in [1.54, 1.807) is 22.7 Å². The smallest absolute Gasteiger partial charge is 0.188 e. The summed E-state index contributed by atoms with van der Waals surface area (Å²) >= 11 is 3.37. The van der Waals surface area contributed by atoms with Crippen LogP contribution in [0.4, 0.5) is 10.9 Å². The van der Waals surface area contributed by atoms with Gasteiger partial charge in [-0.2, -0.15) is 0 Å². The summed E-state index contributed by atoms with van der Waals surface area (Å²) < 4.78 is 0. The molecule has 0 radical (unpaired) electrons. The maximum absolute atomic E-state index is 4.75. The van der Waals surface area contributed by atoms with Crippen molar-refractivity contribution in [1.29, 1.82) is 0 Å². The van der Waals surface area contributed by atoms with Gasteiger partial charge in [0.2, 0.25) is 0 Å². The fourth-order valence-electron chi connectivity index (χ4n) is 3.42. The van der Waals surface area contributed by atoms with Crippen LogP contribution in [0.15, 0.2) is 35.2 Å². The fourth-order valence-corrected chi connectivity index (χ4v) is 4.85. The Bertz CT molecular complexity index is 835. The third kappa shape index (κ3) is 4.31. The molecule has 1 saturated heterocycles. The van der Waals surface area contributed by atoms with Crippen molar-refractivity contribution in [3.63, 3.8) is 0 Å². The van der Waals surface area contributed by atoms with Gasteiger partial charge < -0.3 is 10.6 Å². The molecule has 2 N–H and O–H groups in total. The molecule has 0 atom stereocenters. The first-order chi connectivity index (χ1) is 12.8. The summed E-state index contributed by atoms with van der Waals surface area (Å²) in [5, 5.41) is 11.9. The highest BCUT2D eigenvalue weighted by molar-refractivity contribution is 7.14. The highest BCUT2D eigenvalue weighted by atomic mass is 32.1. The van der Waals surface area contributed by atoms with E-state index in [-0.39, 0.29) is 0 Å². The normalized spacial score (nSPS) is 15.3. The van der Waals surface area contributed by atoms with E-state index in [2.05, 4.69) is 44.6 Å². The largest absolute Gasteiger partial charge is 0.317 e. The number of hydrogen-bond donors (Lipinski definition) is 2. The molecule has 136 valence electrons. The van der Waals surface area contributed by atoms with E-state index in [1.807, 2.05) is 13.1 Å². The van der Waals surface area contributed by atoms with E-state index in [9.17, 15) is 0 Å². The molecule has 0 unspecified atom stereocenters. The molecule has 4 nitrogen and oxygen atoms in total. The van der Waals surface area contributed by atoms with Gasteiger partial charge in [-0.15, -0.1) is 22.7 Å². The highest BCUT2D eigenvalue weighted by Crippen LogP contribution is 2.34. The zero-order valence-electron chi connectivity index (χ0n) is 15.0. The lowest BCUT2D eigenvalue weighted by Gasteiger charge is -2.22. The Kier molecular flexibility index (Phi) is 5.62. The van der Waals surface area contributed by atoms with Crippen molar-refractivity contribution < 1.29 is 0 Å². The second kappa shape index (κ2) is 8.29. The van der Waals surface area contributed by atoms with E-state index in [0.29, 0.717) is 0 Å². The van der Waals surface area contributed by atoms with Gasteiger partial charge in [0.15, 0.2) is 5.13 Å². The Morgan fingerprint density at radius 3 is 2.88 bits per heavy atom. The first-order valence-corrected chi connectivity index (χ1v) is 11.0. The second-order valence-electron chi connectivity index (χ2n) is 6.87. The average molecular weight is 385 g/mol. The maximum atomic E-state index is 4.75. The van der Waals surface area contributed by atoms with Crippen LogP contribution >= 0.6 is 22.7 Å². The number of thiophene rings is 1. The molecule has 0 amide bonds. The number of aromatic nitrogens is 2. The van der Waals surface area contributed by atoms with Crippen molar-refractivity contribution in [2.75, 3.05) is 18.4 Å². The molecule has 4 heterocycles. The number of nitrogens with zero attached hydrogens (tertiary/aromatic N) is 2. The lowest BCUT2D eigenvalue weighted by molar-refractivity contribution is 0.354. The Hall–Kier alpha value is -1.76. The number of aryl methyl sites for hydroxylation is 2. The van der Waals surface area contributed by atoms with Crippen molar-refractivity contribution in [2.24, 2.45) is 5.92 Å². The minimum Gasteiger partial charge on any atom is -0.317 e. The zero-order chi connectivity index (χ0) is 17.8. The molecule has 1 fully saturated rings. The van der Waals surface area contributed by atoms with Gasteiger partial charge in [-0.1, -0.05) is 6.07 Å². The van der Waals surface area contributed by atoms with Gasteiger partial charge >= 0.3 is 0 Å². The molecule has 0 spiro atoms. The average Bonchev–Trinajstić information content (AvgIpc) is 3.34. The van der Waals surface area contributed by atoms with Crippen LogP contribution in [0.25, 0.3) is 10.4 Å². The molecular weight excluding hydrogens is 360 g/mol. The van der Waals surface area contributed by atoms with Crippen LogP contribution in [-0.2, 0) is 6.42 Å².